The van der Waals surface area contributed by atoms with Crippen molar-refractivity contribution < 1.29 is 8.81 Å². The number of benzene rings is 1. The van der Waals surface area contributed by atoms with Crippen molar-refractivity contribution in [3.8, 4) is 0 Å². The molecule has 0 aliphatic heterocycles. The molecule has 0 saturated heterocycles. The lowest BCUT2D eigenvalue weighted by molar-refractivity contribution is 0.389. The first-order valence-corrected chi connectivity index (χ1v) is 7.30. The van der Waals surface area contributed by atoms with Gasteiger partial charge in [0.1, 0.15) is 17.3 Å². The predicted octanol–water partition coefficient (Wildman–Crippen LogP) is 4.26. The highest BCUT2D eigenvalue weighted by Gasteiger charge is 2.17. The molecule has 0 aliphatic carbocycles. The van der Waals surface area contributed by atoms with Gasteiger partial charge in [-0.3, -0.25) is 0 Å². The van der Waals surface area contributed by atoms with E-state index >= 15 is 0 Å². The molecule has 0 amide bonds. The van der Waals surface area contributed by atoms with Crippen LogP contribution in [0.5, 0.6) is 0 Å². The molecule has 2 nitrogen and oxygen atoms in total. The van der Waals surface area contributed by atoms with Gasteiger partial charge in [-0.1, -0.05) is 32.0 Å². The molecule has 20 heavy (non-hydrogen) atoms. The van der Waals surface area contributed by atoms with Gasteiger partial charge < -0.3 is 9.73 Å². The Hall–Kier alpha value is -1.61. The zero-order valence-corrected chi connectivity index (χ0v) is 12.2. The average molecular weight is 275 g/mol. The summed E-state index contributed by atoms with van der Waals surface area (Å²) in [6.07, 6.45) is 2.51. The molecule has 0 fully saturated rings. The number of halogens is 1. The Labute approximate surface area is 120 Å². The van der Waals surface area contributed by atoms with Crippen LogP contribution >= 0.6 is 0 Å². The minimum atomic E-state index is -0.155. The summed E-state index contributed by atoms with van der Waals surface area (Å²) in [6.45, 7) is 5.07. The highest BCUT2D eigenvalue weighted by Crippen LogP contribution is 2.22. The second-order valence-corrected chi connectivity index (χ2v) is 4.96. The topological polar surface area (TPSA) is 25.2 Å². The number of nitrogens with one attached hydrogen (secondary N) is 1. The van der Waals surface area contributed by atoms with Gasteiger partial charge in [0.15, 0.2) is 0 Å². The minimum Gasteiger partial charge on any atom is -0.464 e. The van der Waals surface area contributed by atoms with Gasteiger partial charge in [-0.05, 0) is 43.1 Å². The summed E-state index contributed by atoms with van der Waals surface area (Å²) in [7, 11) is 0. The standard InChI is InChI=1S/C17H22FNO/c1-3-11-19-16(17-10-9-14(4-2)20-17)12-13-7-5-6-8-15(13)18/h5-10,16,19H,3-4,11-12H2,1-2H3. The monoisotopic (exact) mass is 275 g/mol. The first-order valence-electron chi connectivity index (χ1n) is 7.30. The van der Waals surface area contributed by atoms with E-state index in [9.17, 15) is 4.39 Å². The third kappa shape index (κ3) is 3.70. The first-order chi connectivity index (χ1) is 9.74. The molecular weight excluding hydrogens is 253 g/mol. The summed E-state index contributed by atoms with van der Waals surface area (Å²) in [5.74, 6) is 1.70. The van der Waals surface area contributed by atoms with Gasteiger partial charge in [-0.2, -0.15) is 0 Å². The maximum absolute atomic E-state index is 13.8. The van der Waals surface area contributed by atoms with Crippen molar-refractivity contribution in [2.75, 3.05) is 6.54 Å². The SMILES string of the molecule is CCCNC(Cc1ccccc1F)c1ccc(CC)o1. The van der Waals surface area contributed by atoms with E-state index in [-0.39, 0.29) is 11.9 Å². The number of hydrogen-bond donors (Lipinski definition) is 1. The van der Waals surface area contributed by atoms with Gasteiger partial charge in [-0.15, -0.1) is 0 Å². The van der Waals surface area contributed by atoms with E-state index in [2.05, 4.69) is 19.2 Å². The van der Waals surface area contributed by atoms with E-state index in [1.54, 1.807) is 6.07 Å². The van der Waals surface area contributed by atoms with Crippen LogP contribution in [0.4, 0.5) is 4.39 Å². The summed E-state index contributed by atoms with van der Waals surface area (Å²) in [4.78, 5) is 0. The second kappa shape index (κ2) is 7.25. The zero-order chi connectivity index (χ0) is 14.4. The molecule has 2 rings (SSSR count). The van der Waals surface area contributed by atoms with Gasteiger partial charge >= 0.3 is 0 Å². The van der Waals surface area contributed by atoms with E-state index in [4.69, 9.17) is 4.42 Å². The number of aryl methyl sites for hydroxylation is 1. The van der Waals surface area contributed by atoms with Gasteiger partial charge in [0.2, 0.25) is 0 Å². The maximum Gasteiger partial charge on any atom is 0.126 e. The van der Waals surface area contributed by atoms with E-state index in [1.807, 2.05) is 24.3 Å². The Bertz CT molecular complexity index is 535. The smallest absolute Gasteiger partial charge is 0.126 e. The molecule has 3 heteroatoms. The molecule has 0 bridgehead atoms. The summed E-state index contributed by atoms with van der Waals surface area (Å²) in [6, 6.07) is 10.9. The molecule has 1 N–H and O–H groups in total. The molecule has 0 aliphatic rings. The molecule has 1 aromatic carbocycles. The van der Waals surface area contributed by atoms with Gasteiger partial charge in [0.05, 0.1) is 6.04 Å². The Morgan fingerprint density at radius 2 is 1.95 bits per heavy atom. The third-order valence-corrected chi connectivity index (χ3v) is 3.40. The summed E-state index contributed by atoms with van der Waals surface area (Å²) in [5.41, 5.74) is 0.718. The molecule has 0 spiro atoms. The Balaban J connectivity index is 2.17. The highest BCUT2D eigenvalue weighted by molar-refractivity contribution is 5.21. The van der Waals surface area contributed by atoms with Gasteiger partial charge in [0, 0.05) is 6.42 Å². The van der Waals surface area contributed by atoms with E-state index in [0.717, 1.165) is 36.5 Å². The fourth-order valence-electron chi connectivity index (χ4n) is 2.25. The van der Waals surface area contributed by atoms with Crippen LogP contribution in [0.3, 0.4) is 0 Å². The van der Waals surface area contributed by atoms with Crippen molar-refractivity contribution >= 4 is 0 Å². The van der Waals surface area contributed by atoms with Crippen LogP contribution in [0.2, 0.25) is 0 Å². The first kappa shape index (κ1) is 14.8. The van der Waals surface area contributed by atoms with Gasteiger partial charge in [-0.25, -0.2) is 4.39 Å². The quantitative estimate of drug-likeness (QED) is 0.816. The van der Waals surface area contributed by atoms with Crippen LogP contribution in [0, 0.1) is 5.82 Å². The molecular formula is C17H22FNO. The highest BCUT2D eigenvalue weighted by atomic mass is 19.1. The van der Waals surface area contributed by atoms with Crippen LogP contribution in [-0.4, -0.2) is 6.54 Å². The van der Waals surface area contributed by atoms with Crippen LogP contribution in [0.25, 0.3) is 0 Å². The molecule has 1 aromatic heterocycles. The van der Waals surface area contributed by atoms with E-state index < -0.39 is 0 Å². The van der Waals surface area contributed by atoms with E-state index in [0.29, 0.717) is 6.42 Å². The lowest BCUT2D eigenvalue weighted by Gasteiger charge is -2.17. The second-order valence-electron chi connectivity index (χ2n) is 4.96. The maximum atomic E-state index is 13.8. The van der Waals surface area contributed by atoms with Crippen LogP contribution < -0.4 is 5.32 Å². The largest absolute Gasteiger partial charge is 0.464 e. The van der Waals surface area contributed by atoms with Crippen LogP contribution in [-0.2, 0) is 12.8 Å². The van der Waals surface area contributed by atoms with Crippen molar-refractivity contribution in [3.63, 3.8) is 0 Å². The minimum absolute atomic E-state index is 0.0205. The Morgan fingerprint density at radius 3 is 2.60 bits per heavy atom. The zero-order valence-electron chi connectivity index (χ0n) is 12.2. The number of rotatable bonds is 7. The van der Waals surface area contributed by atoms with Crippen molar-refractivity contribution in [2.45, 2.75) is 39.2 Å². The van der Waals surface area contributed by atoms with Crippen LogP contribution in [0.1, 0.15) is 43.4 Å². The lowest BCUT2D eigenvalue weighted by atomic mass is 10.0. The normalized spacial score (nSPS) is 12.6. The van der Waals surface area contributed by atoms with Crippen molar-refractivity contribution in [3.05, 3.63) is 59.3 Å². The fourth-order valence-corrected chi connectivity index (χ4v) is 2.25. The predicted molar refractivity (Wildman–Crippen MR) is 79.2 cm³/mol. The van der Waals surface area contributed by atoms with E-state index in [1.165, 1.54) is 6.07 Å². The van der Waals surface area contributed by atoms with Crippen molar-refractivity contribution in [2.24, 2.45) is 0 Å². The van der Waals surface area contributed by atoms with Crippen LogP contribution in [0.15, 0.2) is 40.8 Å². The molecule has 0 radical (unpaired) electrons. The van der Waals surface area contributed by atoms with Crippen molar-refractivity contribution in [1.82, 2.24) is 5.32 Å². The molecule has 108 valence electrons. The summed E-state index contributed by atoms with van der Waals surface area (Å²) >= 11 is 0. The lowest BCUT2D eigenvalue weighted by Crippen LogP contribution is -2.24. The van der Waals surface area contributed by atoms with Gasteiger partial charge in [0.25, 0.3) is 0 Å². The average Bonchev–Trinajstić information content (AvgIpc) is 2.94. The third-order valence-electron chi connectivity index (χ3n) is 3.40. The number of hydrogen-bond acceptors (Lipinski definition) is 2. The molecule has 1 heterocycles. The Kier molecular flexibility index (Phi) is 5.36. The Morgan fingerprint density at radius 1 is 1.15 bits per heavy atom. The number of furan rings is 1. The molecule has 0 saturated carbocycles. The molecule has 1 unspecified atom stereocenters. The van der Waals surface area contributed by atoms with Crippen molar-refractivity contribution in [1.29, 1.82) is 0 Å². The summed E-state index contributed by atoms with van der Waals surface area (Å²) < 4.78 is 19.6. The fraction of sp³-hybridized carbons (Fsp3) is 0.412. The summed E-state index contributed by atoms with van der Waals surface area (Å²) in [5, 5.41) is 3.44. The molecule has 2 aromatic rings. The molecule has 1 atom stereocenters.